The first-order valence-corrected chi connectivity index (χ1v) is 7.02. The van der Waals surface area contributed by atoms with Crippen molar-refractivity contribution in [2.24, 2.45) is 0 Å². The molecule has 0 bridgehead atoms. The Morgan fingerprint density at radius 3 is 2.89 bits per heavy atom. The topological polar surface area (TPSA) is 35.0 Å². The molecule has 0 aliphatic heterocycles. The van der Waals surface area contributed by atoms with Gasteiger partial charge in [-0.2, -0.15) is 0 Å². The van der Waals surface area contributed by atoms with E-state index in [4.69, 9.17) is 4.74 Å². The zero-order valence-corrected chi connectivity index (χ0v) is 13.1. The molecule has 94 valence electrons. The third-order valence-electron chi connectivity index (χ3n) is 2.28. The SMILES string of the molecule is C[C@@H](Oc1cncc(Br)n1)c1cc(F)ccc1I. The van der Waals surface area contributed by atoms with Crippen LogP contribution >= 0.6 is 38.5 Å². The van der Waals surface area contributed by atoms with Gasteiger partial charge in [-0.25, -0.2) is 9.37 Å². The summed E-state index contributed by atoms with van der Waals surface area (Å²) in [7, 11) is 0. The van der Waals surface area contributed by atoms with Gasteiger partial charge in [-0.05, 0) is 63.6 Å². The lowest BCUT2D eigenvalue weighted by molar-refractivity contribution is 0.214. The summed E-state index contributed by atoms with van der Waals surface area (Å²) in [5.74, 6) is 0.123. The van der Waals surface area contributed by atoms with Gasteiger partial charge in [0, 0.05) is 9.13 Å². The highest BCUT2D eigenvalue weighted by Crippen LogP contribution is 2.25. The monoisotopic (exact) mass is 422 g/mol. The molecule has 0 aliphatic carbocycles. The van der Waals surface area contributed by atoms with Gasteiger partial charge < -0.3 is 4.74 Å². The number of ether oxygens (including phenoxy) is 1. The lowest BCUT2D eigenvalue weighted by Gasteiger charge is -2.15. The molecule has 18 heavy (non-hydrogen) atoms. The number of hydrogen-bond acceptors (Lipinski definition) is 3. The van der Waals surface area contributed by atoms with Crippen LogP contribution in [0.4, 0.5) is 4.39 Å². The minimum absolute atomic E-state index is 0.277. The minimum atomic E-state index is -0.295. The van der Waals surface area contributed by atoms with Crippen molar-refractivity contribution in [3.8, 4) is 5.88 Å². The minimum Gasteiger partial charge on any atom is -0.469 e. The van der Waals surface area contributed by atoms with Gasteiger partial charge in [0.25, 0.3) is 0 Å². The molecular formula is C12H9BrFIN2O. The highest BCUT2D eigenvalue weighted by molar-refractivity contribution is 14.1. The molecule has 2 aromatic rings. The van der Waals surface area contributed by atoms with Crippen molar-refractivity contribution in [1.82, 2.24) is 9.97 Å². The molecule has 1 atom stereocenters. The largest absolute Gasteiger partial charge is 0.469 e. The van der Waals surface area contributed by atoms with E-state index in [1.807, 2.05) is 6.92 Å². The molecule has 1 aromatic heterocycles. The molecule has 1 aromatic carbocycles. The first-order chi connectivity index (χ1) is 8.56. The number of benzene rings is 1. The zero-order chi connectivity index (χ0) is 13.1. The molecule has 0 N–H and O–H groups in total. The van der Waals surface area contributed by atoms with Gasteiger partial charge >= 0.3 is 0 Å². The first-order valence-electron chi connectivity index (χ1n) is 5.15. The second-order valence-electron chi connectivity index (χ2n) is 3.61. The average molecular weight is 423 g/mol. The third kappa shape index (κ3) is 3.38. The molecule has 0 spiro atoms. The number of nitrogens with zero attached hydrogens (tertiary/aromatic N) is 2. The van der Waals surface area contributed by atoms with Gasteiger partial charge in [0.05, 0.1) is 12.4 Å². The quantitative estimate of drug-likeness (QED) is 0.698. The van der Waals surface area contributed by atoms with Crippen LogP contribution < -0.4 is 4.74 Å². The molecular weight excluding hydrogens is 414 g/mol. The second kappa shape index (κ2) is 5.92. The van der Waals surface area contributed by atoms with Crippen molar-refractivity contribution in [3.63, 3.8) is 0 Å². The Morgan fingerprint density at radius 1 is 1.39 bits per heavy atom. The van der Waals surface area contributed by atoms with Crippen molar-refractivity contribution in [3.05, 3.63) is 50.1 Å². The Morgan fingerprint density at radius 2 is 2.17 bits per heavy atom. The fourth-order valence-electron chi connectivity index (χ4n) is 1.45. The summed E-state index contributed by atoms with van der Waals surface area (Å²) in [5, 5.41) is 0. The predicted octanol–water partition coefficient (Wildman–Crippen LogP) is 4.12. The maximum Gasteiger partial charge on any atom is 0.233 e. The van der Waals surface area contributed by atoms with Crippen LogP contribution in [-0.2, 0) is 0 Å². The van der Waals surface area contributed by atoms with Gasteiger partial charge in [-0.15, -0.1) is 0 Å². The molecule has 0 saturated heterocycles. The lowest BCUT2D eigenvalue weighted by Crippen LogP contribution is -2.07. The van der Waals surface area contributed by atoms with Gasteiger partial charge in [-0.3, -0.25) is 4.98 Å². The van der Waals surface area contributed by atoms with E-state index in [0.29, 0.717) is 10.5 Å². The van der Waals surface area contributed by atoms with E-state index in [1.165, 1.54) is 18.3 Å². The molecule has 3 nitrogen and oxygen atoms in total. The molecule has 0 saturated carbocycles. The van der Waals surface area contributed by atoms with E-state index in [-0.39, 0.29) is 11.9 Å². The molecule has 6 heteroatoms. The van der Waals surface area contributed by atoms with Gasteiger partial charge in [0.1, 0.15) is 16.5 Å². The fourth-order valence-corrected chi connectivity index (χ4v) is 2.52. The Labute approximate surface area is 126 Å². The summed E-state index contributed by atoms with van der Waals surface area (Å²) < 4.78 is 20.4. The molecule has 1 heterocycles. The van der Waals surface area contributed by atoms with Crippen molar-refractivity contribution < 1.29 is 9.13 Å². The Bertz CT molecular complexity index is 568. The molecule has 0 radical (unpaired) electrons. The standard InChI is InChI=1S/C12H9BrFIN2O/c1-7(9-4-8(14)2-3-10(9)15)18-12-6-16-5-11(13)17-12/h2-7H,1H3/t7-/m1/s1. The summed E-state index contributed by atoms with van der Waals surface area (Å²) in [6.07, 6.45) is 2.80. The molecule has 0 amide bonds. The van der Waals surface area contributed by atoms with Crippen LogP contribution in [-0.4, -0.2) is 9.97 Å². The molecule has 0 aliphatic rings. The lowest BCUT2D eigenvalue weighted by atomic mass is 10.1. The van der Waals surface area contributed by atoms with E-state index >= 15 is 0 Å². The van der Waals surface area contributed by atoms with E-state index in [1.54, 1.807) is 12.3 Å². The Hall–Kier alpha value is -0.760. The summed E-state index contributed by atoms with van der Waals surface area (Å²) in [5.41, 5.74) is 0.789. The normalized spacial score (nSPS) is 12.2. The van der Waals surface area contributed by atoms with E-state index in [0.717, 1.165) is 9.13 Å². The molecule has 2 rings (SSSR count). The van der Waals surface area contributed by atoms with Crippen molar-refractivity contribution in [1.29, 1.82) is 0 Å². The summed E-state index contributed by atoms with van der Waals surface area (Å²) in [6, 6.07) is 4.62. The number of aromatic nitrogens is 2. The van der Waals surface area contributed by atoms with Crippen LogP contribution in [0.5, 0.6) is 5.88 Å². The summed E-state index contributed by atoms with van der Waals surface area (Å²) in [6.45, 7) is 1.85. The van der Waals surface area contributed by atoms with Crippen LogP contribution in [0.25, 0.3) is 0 Å². The molecule has 0 unspecified atom stereocenters. The number of halogens is 3. The number of hydrogen-bond donors (Lipinski definition) is 0. The van der Waals surface area contributed by atoms with E-state index in [9.17, 15) is 4.39 Å². The fraction of sp³-hybridized carbons (Fsp3) is 0.167. The Balaban J connectivity index is 2.21. The maximum atomic E-state index is 13.2. The Kier molecular flexibility index (Phi) is 4.50. The van der Waals surface area contributed by atoms with Gasteiger partial charge in [-0.1, -0.05) is 0 Å². The van der Waals surface area contributed by atoms with Crippen LogP contribution in [0.2, 0.25) is 0 Å². The maximum absolute atomic E-state index is 13.2. The van der Waals surface area contributed by atoms with E-state index < -0.39 is 0 Å². The van der Waals surface area contributed by atoms with Crippen molar-refractivity contribution >= 4 is 38.5 Å². The van der Waals surface area contributed by atoms with Crippen LogP contribution in [0.1, 0.15) is 18.6 Å². The highest BCUT2D eigenvalue weighted by Gasteiger charge is 2.13. The van der Waals surface area contributed by atoms with Crippen LogP contribution in [0.3, 0.4) is 0 Å². The highest BCUT2D eigenvalue weighted by atomic mass is 127. The third-order valence-corrected chi connectivity index (χ3v) is 3.64. The number of rotatable bonds is 3. The summed E-state index contributed by atoms with van der Waals surface area (Å²) in [4.78, 5) is 8.09. The van der Waals surface area contributed by atoms with Crippen LogP contribution in [0, 0.1) is 9.39 Å². The van der Waals surface area contributed by atoms with Crippen LogP contribution in [0.15, 0.2) is 35.2 Å². The molecule has 0 fully saturated rings. The van der Waals surface area contributed by atoms with E-state index in [2.05, 4.69) is 48.5 Å². The average Bonchev–Trinajstić information content (AvgIpc) is 2.32. The first kappa shape index (κ1) is 13.7. The van der Waals surface area contributed by atoms with Gasteiger partial charge in [0.2, 0.25) is 5.88 Å². The van der Waals surface area contributed by atoms with Crippen molar-refractivity contribution in [2.75, 3.05) is 0 Å². The van der Waals surface area contributed by atoms with Gasteiger partial charge in [0.15, 0.2) is 0 Å². The van der Waals surface area contributed by atoms with Crippen molar-refractivity contribution in [2.45, 2.75) is 13.0 Å². The predicted molar refractivity (Wildman–Crippen MR) is 77.9 cm³/mol. The smallest absolute Gasteiger partial charge is 0.233 e. The zero-order valence-electron chi connectivity index (χ0n) is 9.40. The second-order valence-corrected chi connectivity index (χ2v) is 5.58. The summed E-state index contributed by atoms with van der Waals surface area (Å²) >= 11 is 5.37.